The van der Waals surface area contributed by atoms with E-state index in [0.717, 1.165) is 0 Å². The van der Waals surface area contributed by atoms with Crippen LogP contribution in [0.5, 0.6) is 40.5 Å². The number of hydrogen-bond acceptors (Lipinski definition) is 11. The lowest BCUT2D eigenvalue weighted by Crippen LogP contribution is -2.30. The molecule has 0 saturated carbocycles. The van der Waals surface area contributed by atoms with Crippen LogP contribution in [0.2, 0.25) is 0 Å². The van der Waals surface area contributed by atoms with Gasteiger partial charge >= 0.3 is 11.9 Å². The van der Waals surface area contributed by atoms with Gasteiger partial charge in [-0.05, 0) is 36.4 Å². The minimum Gasteiger partial charge on any atom is -0.505 e. The highest BCUT2D eigenvalue weighted by Crippen LogP contribution is 2.38. The zero-order valence-electron chi connectivity index (χ0n) is 27.6. The van der Waals surface area contributed by atoms with Gasteiger partial charge in [0.15, 0.2) is 46.0 Å². The summed E-state index contributed by atoms with van der Waals surface area (Å²) in [6.07, 6.45) is 0. The summed E-state index contributed by atoms with van der Waals surface area (Å²) in [5.41, 5.74) is -0.754. The van der Waals surface area contributed by atoms with Crippen molar-refractivity contribution in [3.8, 4) is 40.5 Å². The largest absolute Gasteiger partial charge is 0.505 e. The van der Waals surface area contributed by atoms with E-state index >= 15 is 0 Å². The monoisotopic (exact) mass is 724 g/mol. The fourth-order valence-corrected chi connectivity index (χ4v) is 4.83. The number of carboxylic acid groups (broad SMARTS) is 2. The summed E-state index contributed by atoms with van der Waals surface area (Å²) in [6, 6.07) is 25.7. The van der Waals surface area contributed by atoms with Crippen LogP contribution in [-0.2, 0) is 9.59 Å². The molecule has 0 atom stereocenters. The van der Waals surface area contributed by atoms with Gasteiger partial charge < -0.3 is 45.3 Å². The number of methoxy groups -OCH3 is 1. The maximum atomic E-state index is 13.9. The molecule has 6 rings (SSSR count). The zero-order chi connectivity index (χ0) is 38.1. The third-order valence-corrected chi connectivity index (χ3v) is 7.25. The van der Waals surface area contributed by atoms with Gasteiger partial charge in [0.05, 0.1) is 7.11 Å². The summed E-state index contributed by atoms with van der Waals surface area (Å²) in [4.78, 5) is 53.8. The molecule has 15 nitrogen and oxygen atoms in total. The first-order valence-electron chi connectivity index (χ1n) is 15.4. The molecule has 0 aliphatic rings. The lowest BCUT2D eigenvalue weighted by molar-refractivity contribution is -0.136. The number of rotatable bonds is 11. The summed E-state index contributed by atoms with van der Waals surface area (Å²) >= 11 is 0. The van der Waals surface area contributed by atoms with Crippen molar-refractivity contribution in [2.24, 2.45) is 0 Å². The van der Waals surface area contributed by atoms with E-state index < -0.39 is 54.1 Å². The smallest absolute Gasteiger partial charge is 0.322 e. The molecule has 0 fully saturated rings. The van der Waals surface area contributed by atoms with Crippen LogP contribution in [0.15, 0.2) is 97.1 Å². The maximum Gasteiger partial charge on any atom is 0.322 e. The molecule has 4 aromatic carbocycles. The highest BCUT2D eigenvalue weighted by molar-refractivity contribution is 6.05. The van der Waals surface area contributed by atoms with Crippen LogP contribution in [0, 0.1) is 5.82 Å². The first-order chi connectivity index (χ1) is 25.5. The first kappa shape index (κ1) is 36.8. The summed E-state index contributed by atoms with van der Waals surface area (Å²) < 4.78 is 30.5. The predicted octanol–water partition coefficient (Wildman–Crippen LogP) is 5.24. The van der Waals surface area contributed by atoms with E-state index in [2.05, 4.69) is 20.6 Å². The Morgan fingerprint density at radius 3 is 1.40 bits per heavy atom. The quantitative estimate of drug-likeness (QED) is 0.101. The third kappa shape index (κ3) is 8.64. The van der Waals surface area contributed by atoms with Gasteiger partial charge in [0, 0.05) is 21.5 Å². The van der Waals surface area contributed by atoms with E-state index in [1.165, 1.54) is 31.4 Å². The zero-order valence-corrected chi connectivity index (χ0v) is 27.6. The minimum atomic E-state index is -1.25. The summed E-state index contributed by atoms with van der Waals surface area (Å²) in [7, 11) is 1.50. The Balaban J connectivity index is 0.000000204. The summed E-state index contributed by atoms with van der Waals surface area (Å²) in [5, 5.41) is 43.9. The number of carbonyl (C=O) groups is 4. The van der Waals surface area contributed by atoms with Gasteiger partial charge in [-0.3, -0.25) is 19.2 Å². The molecule has 0 aliphatic carbocycles. The molecule has 6 aromatic rings. The van der Waals surface area contributed by atoms with Crippen molar-refractivity contribution in [3.63, 3.8) is 0 Å². The van der Waals surface area contributed by atoms with E-state index in [-0.39, 0.29) is 34.3 Å². The number of benzene rings is 4. The summed E-state index contributed by atoms with van der Waals surface area (Å²) in [5.74, 6) is -4.87. The van der Waals surface area contributed by atoms with E-state index in [0.29, 0.717) is 27.7 Å². The number of aromatic nitrogens is 2. The molecule has 270 valence electrons. The average molecular weight is 725 g/mol. The van der Waals surface area contributed by atoms with Gasteiger partial charge in [-0.15, -0.1) is 0 Å². The van der Waals surface area contributed by atoms with E-state index in [4.69, 9.17) is 24.4 Å². The Hall–Kier alpha value is -7.49. The number of nitrogens with zero attached hydrogens (tertiary/aromatic N) is 2. The Labute approximate surface area is 298 Å². The summed E-state index contributed by atoms with van der Waals surface area (Å²) in [6.45, 7) is -1.24. The van der Waals surface area contributed by atoms with Crippen molar-refractivity contribution in [1.82, 2.24) is 20.6 Å². The first-order valence-corrected chi connectivity index (χ1v) is 15.4. The molecule has 2 amide bonds. The van der Waals surface area contributed by atoms with E-state index in [1.807, 2.05) is 0 Å². The van der Waals surface area contributed by atoms with Gasteiger partial charge in [-0.1, -0.05) is 60.7 Å². The number of aromatic hydroxyl groups is 2. The van der Waals surface area contributed by atoms with Crippen molar-refractivity contribution in [2.45, 2.75) is 0 Å². The molecule has 0 spiro atoms. The van der Waals surface area contributed by atoms with Crippen LogP contribution in [0.25, 0.3) is 21.5 Å². The number of carbonyl (C=O) groups excluding carboxylic acids is 2. The van der Waals surface area contributed by atoms with Gasteiger partial charge in [0.2, 0.25) is 11.8 Å². The predicted molar refractivity (Wildman–Crippen MR) is 186 cm³/mol. The standard InChI is InChI=1S/C19H16N2O6.C18H13FN2O5/c1-26-13-8-4-5-9-14(13)27-19-12-7-3-2-6-11(12)17(24)16(21-19)18(25)20-10-15(22)23;19-12-7-3-4-8-13(12)26-18-11-6-2-1-5-10(11)16(24)15(21-18)17(25)20-9-14(22)23/h2-9,24H,10H2,1H3,(H,20,25)(H,22,23);1-8,24H,9H2,(H,20,25)(H,22,23). The second kappa shape index (κ2) is 16.5. The molecule has 0 bridgehead atoms. The topological polar surface area (TPSA) is 227 Å². The number of para-hydroxylation sites is 3. The van der Waals surface area contributed by atoms with E-state index in [1.54, 1.807) is 72.8 Å². The number of aliphatic carboxylic acids is 2. The molecule has 0 aliphatic heterocycles. The molecule has 16 heteroatoms. The van der Waals surface area contributed by atoms with Crippen LogP contribution >= 0.6 is 0 Å². The van der Waals surface area contributed by atoms with Crippen molar-refractivity contribution < 1.29 is 58.2 Å². The maximum absolute atomic E-state index is 13.9. The highest BCUT2D eigenvalue weighted by Gasteiger charge is 2.23. The number of halogens is 1. The Kier molecular flexibility index (Phi) is 11.4. The number of hydrogen-bond donors (Lipinski definition) is 6. The van der Waals surface area contributed by atoms with Gasteiger partial charge in [0.1, 0.15) is 13.1 Å². The van der Waals surface area contributed by atoms with Crippen molar-refractivity contribution in [3.05, 3.63) is 114 Å². The van der Waals surface area contributed by atoms with Gasteiger partial charge in [-0.2, -0.15) is 0 Å². The number of nitrogens with one attached hydrogen (secondary N) is 2. The number of fused-ring (bicyclic) bond motifs is 2. The lowest BCUT2D eigenvalue weighted by atomic mass is 10.1. The Morgan fingerprint density at radius 1 is 0.585 bits per heavy atom. The number of ether oxygens (including phenoxy) is 3. The minimum absolute atomic E-state index is 0.0772. The number of carboxylic acids is 2. The Bertz CT molecular complexity index is 2350. The van der Waals surface area contributed by atoms with Crippen LogP contribution in [-0.4, -0.2) is 74.3 Å². The molecule has 0 unspecified atom stereocenters. The Morgan fingerprint density at radius 2 is 0.962 bits per heavy atom. The molecule has 53 heavy (non-hydrogen) atoms. The molecule has 2 heterocycles. The van der Waals surface area contributed by atoms with Gasteiger partial charge in [0.25, 0.3) is 11.8 Å². The van der Waals surface area contributed by atoms with Crippen LogP contribution in [0.3, 0.4) is 0 Å². The van der Waals surface area contributed by atoms with Crippen molar-refractivity contribution in [1.29, 1.82) is 0 Å². The fourth-order valence-electron chi connectivity index (χ4n) is 4.83. The van der Waals surface area contributed by atoms with Gasteiger partial charge in [-0.25, -0.2) is 14.4 Å². The molecular weight excluding hydrogens is 695 g/mol. The average Bonchev–Trinajstić information content (AvgIpc) is 3.16. The van der Waals surface area contributed by atoms with Crippen molar-refractivity contribution >= 4 is 45.3 Å². The third-order valence-electron chi connectivity index (χ3n) is 7.25. The lowest BCUT2D eigenvalue weighted by Gasteiger charge is -2.14. The molecule has 2 aromatic heterocycles. The van der Waals surface area contributed by atoms with Crippen LogP contribution < -0.4 is 24.8 Å². The molecule has 0 saturated heterocycles. The van der Waals surface area contributed by atoms with E-state index in [9.17, 15) is 33.8 Å². The second-order valence-electron chi connectivity index (χ2n) is 10.8. The van der Waals surface area contributed by atoms with Crippen LogP contribution in [0.1, 0.15) is 21.0 Å². The normalized spacial score (nSPS) is 10.5. The highest BCUT2D eigenvalue weighted by atomic mass is 19.1. The van der Waals surface area contributed by atoms with Crippen molar-refractivity contribution in [2.75, 3.05) is 20.2 Å². The SMILES string of the molecule is COc1ccccc1Oc1nc(C(=O)NCC(=O)O)c(O)c2ccccc12.O=C(O)CNC(=O)c1nc(Oc2ccccc2F)c2ccccc2c1O. The molecule has 0 radical (unpaired) electrons. The number of pyridine rings is 2. The fraction of sp³-hybridized carbons (Fsp3) is 0.0811. The van der Waals surface area contributed by atoms with Crippen LogP contribution in [0.4, 0.5) is 4.39 Å². The second-order valence-corrected chi connectivity index (χ2v) is 10.8. The molecular formula is C37H29FN4O11. The molecule has 6 N–H and O–H groups in total. The number of amides is 2.